The number of esters is 1. The van der Waals surface area contributed by atoms with E-state index in [-0.39, 0.29) is 30.7 Å². The molecule has 1 N–H and O–H groups in total. The molecule has 0 bridgehead atoms. The molecule has 1 aliphatic heterocycles. The van der Waals surface area contributed by atoms with Crippen molar-refractivity contribution in [2.24, 2.45) is 0 Å². The molecule has 4 rings (SSSR count). The fraction of sp³-hybridized carbons (Fsp3) is 0.355. The van der Waals surface area contributed by atoms with Crippen molar-refractivity contribution in [2.75, 3.05) is 20.3 Å². The number of hydrogen-bond donors (Lipinski definition) is 1. The van der Waals surface area contributed by atoms with Crippen LogP contribution in [-0.2, 0) is 32.8 Å². The summed E-state index contributed by atoms with van der Waals surface area (Å²) < 4.78 is 29.9. The number of halogens is 2. The topological polar surface area (TPSA) is 73.9 Å². The highest BCUT2D eigenvalue weighted by Gasteiger charge is 2.37. The van der Waals surface area contributed by atoms with E-state index in [1.807, 2.05) is 26.0 Å². The van der Waals surface area contributed by atoms with Gasteiger partial charge >= 0.3 is 5.97 Å². The normalized spacial score (nSPS) is 14.5. The van der Waals surface area contributed by atoms with Crippen LogP contribution in [0.2, 0.25) is 5.02 Å². The van der Waals surface area contributed by atoms with Gasteiger partial charge in [-0.2, -0.15) is 0 Å². The van der Waals surface area contributed by atoms with Gasteiger partial charge in [0.05, 0.1) is 17.7 Å². The Morgan fingerprint density at radius 3 is 2.44 bits per heavy atom. The molecule has 0 saturated carbocycles. The number of carbonyl (C=O) groups excluding carboxylic acids is 2. The lowest BCUT2D eigenvalue weighted by molar-refractivity contribution is -0.140. The van der Waals surface area contributed by atoms with Crippen LogP contribution in [0.3, 0.4) is 0 Å². The third-order valence-electron chi connectivity index (χ3n) is 7.01. The second kappa shape index (κ2) is 12.6. The van der Waals surface area contributed by atoms with Crippen molar-refractivity contribution in [3.05, 3.63) is 98.8 Å². The molecular formula is C31H33ClFNO5. The van der Waals surface area contributed by atoms with Crippen molar-refractivity contribution in [1.82, 2.24) is 5.32 Å². The fourth-order valence-corrected chi connectivity index (χ4v) is 5.14. The van der Waals surface area contributed by atoms with E-state index in [1.54, 1.807) is 6.07 Å². The monoisotopic (exact) mass is 553 g/mol. The summed E-state index contributed by atoms with van der Waals surface area (Å²) in [6, 6.07) is 15.6. The molecule has 1 aliphatic rings. The first-order chi connectivity index (χ1) is 18.7. The Morgan fingerprint density at radius 2 is 1.74 bits per heavy atom. The van der Waals surface area contributed by atoms with Gasteiger partial charge in [0.25, 0.3) is 5.91 Å². The van der Waals surface area contributed by atoms with Crippen LogP contribution in [0, 0.1) is 19.7 Å². The zero-order valence-electron chi connectivity index (χ0n) is 22.4. The largest absolute Gasteiger partial charge is 0.487 e. The summed E-state index contributed by atoms with van der Waals surface area (Å²) in [5.41, 5.74) is 4.57. The number of benzene rings is 3. The minimum Gasteiger partial charge on any atom is -0.487 e. The van der Waals surface area contributed by atoms with Gasteiger partial charge in [0.15, 0.2) is 0 Å². The molecule has 0 spiro atoms. The quantitative estimate of drug-likeness (QED) is 0.319. The van der Waals surface area contributed by atoms with Crippen molar-refractivity contribution in [3.63, 3.8) is 0 Å². The number of aryl methyl sites for hydroxylation is 3. The first kappa shape index (κ1) is 28.6. The van der Waals surface area contributed by atoms with E-state index in [4.69, 9.17) is 25.8 Å². The van der Waals surface area contributed by atoms with Crippen LogP contribution in [0.4, 0.5) is 4.39 Å². The highest BCUT2D eigenvalue weighted by Crippen LogP contribution is 2.34. The first-order valence-corrected chi connectivity index (χ1v) is 13.3. The lowest BCUT2D eigenvalue weighted by Gasteiger charge is -2.39. The Kier molecular flexibility index (Phi) is 9.25. The summed E-state index contributed by atoms with van der Waals surface area (Å²) >= 11 is 6.15. The molecule has 3 aromatic rings. The van der Waals surface area contributed by atoms with E-state index in [1.165, 1.54) is 25.3 Å². The number of rotatable bonds is 9. The third kappa shape index (κ3) is 7.16. The van der Waals surface area contributed by atoms with Gasteiger partial charge in [0.1, 0.15) is 18.2 Å². The highest BCUT2D eigenvalue weighted by atomic mass is 35.5. The van der Waals surface area contributed by atoms with E-state index < -0.39 is 11.4 Å². The molecule has 206 valence electrons. The molecule has 6 nitrogen and oxygen atoms in total. The summed E-state index contributed by atoms with van der Waals surface area (Å²) in [5, 5.41) is 3.62. The number of methoxy groups -OCH3 is 1. The standard InChI is InChI=1S/C31H33ClFNO5/c1-20-14-21(2)16-24(15-20)31(10-12-38-13-11-31)34-30(36)26-17-22(4-5-23(26)6-9-29(35)37-3)19-39-28-18-25(33)7-8-27(28)32/h4-5,7-8,14-18H,6,9-13,19H2,1-3H3,(H,34,36). The Balaban J connectivity index is 1.65. The van der Waals surface area contributed by atoms with Gasteiger partial charge in [-0.05, 0) is 68.0 Å². The van der Waals surface area contributed by atoms with E-state index in [9.17, 15) is 14.0 Å². The van der Waals surface area contributed by atoms with Crippen molar-refractivity contribution in [2.45, 2.75) is 51.7 Å². The van der Waals surface area contributed by atoms with Crippen molar-refractivity contribution in [1.29, 1.82) is 0 Å². The number of amides is 1. The fourth-order valence-electron chi connectivity index (χ4n) is 4.97. The van der Waals surface area contributed by atoms with Crippen LogP contribution in [0.25, 0.3) is 0 Å². The summed E-state index contributed by atoms with van der Waals surface area (Å²) in [5.74, 6) is -0.846. The van der Waals surface area contributed by atoms with Gasteiger partial charge in [-0.1, -0.05) is 53.1 Å². The molecule has 1 fully saturated rings. The zero-order chi connectivity index (χ0) is 28.0. The Bertz CT molecular complexity index is 1330. The van der Waals surface area contributed by atoms with Gasteiger partial charge in [-0.15, -0.1) is 0 Å². The molecule has 39 heavy (non-hydrogen) atoms. The number of nitrogens with one attached hydrogen (secondary N) is 1. The van der Waals surface area contributed by atoms with E-state index in [0.717, 1.165) is 16.7 Å². The van der Waals surface area contributed by atoms with Crippen molar-refractivity contribution in [3.8, 4) is 5.75 Å². The molecule has 0 radical (unpaired) electrons. The van der Waals surface area contributed by atoms with Crippen LogP contribution < -0.4 is 10.1 Å². The number of carbonyl (C=O) groups is 2. The van der Waals surface area contributed by atoms with Gasteiger partial charge in [0.2, 0.25) is 0 Å². The number of hydrogen-bond acceptors (Lipinski definition) is 5. The van der Waals surface area contributed by atoms with Gasteiger partial charge in [-0.25, -0.2) is 4.39 Å². The van der Waals surface area contributed by atoms with Gasteiger partial charge < -0.3 is 19.5 Å². The van der Waals surface area contributed by atoms with Crippen molar-refractivity contribution >= 4 is 23.5 Å². The average Bonchev–Trinajstić information content (AvgIpc) is 2.92. The zero-order valence-corrected chi connectivity index (χ0v) is 23.2. The molecule has 8 heteroatoms. The number of ether oxygens (including phenoxy) is 3. The average molecular weight is 554 g/mol. The summed E-state index contributed by atoms with van der Waals surface area (Å²) in [4.78, 5) is 25.8. The van der Waals surface area contributed by atoms with E-state index in [0.29, 0.717) is 54.2 Å². The second-order valence-corrected chi connectivity index (χ2v) is 10.4. The predicted molar refractivity (Wildman–Crippen MR) is 148 cm³/mol. The molecule has 3 aromatic carbocycles. The Morgan fingerprint density at radius 1 is 1.03 bits per heavy atom. The highest BCUT2D eigenvalue weighted by molar-refractivity contribution is 6.32. The van der Waals surface area contributed by atoms with Crippen LogP contribution in [-0.4, -0.2) is 32.2 Å². The lowest BCUT2D eigenvalue weighted by atomic mass is 9.81. The Labute approximate surface area is 233 Å². The van der Waals surface area contributed by atoms with Crippen LogP contribution in [0.15, 0.2) is 54.6 Å². The maximum atomic E-state index is 13.9. The lowest BCUT2D eigenvalue weighted by Crippen LogP contribution is -2.49. The molecule has 1 saturated heterocycles. The van der Waals surface area contributed by atoms with Crippen LogP contribution in [0.5, 0.6) is 5.75 Å². The predicted octanol–water partition coefficient (Wildman–Crippen LogP) is 6.22. The maximum Gasteiger partial charge on any atom is 0.305 e. The second-order valence-electron chi connectivity index (χ2n) is 9.96. The van der Waals surface area contributed by atoms with E-state index >= 15 is 0 Å². The van der Waals surface area contributed by atoms with Crippen molar-refractivity contribution < 1.29 is 28.2 Å². The first-order valence-electron chi connectivity index (χ1n) is 12.9. The van der Waals surface area contributed by atoms with E-state index in [2.05, 4.69) is 23.5 Å². The molecule has 0 aliphatic carbocycles. The molecule has 1 heterocycles. The molecule has 0 unspecified atom stereocenters. The van der Waals surface area contributed by atoms with Crippen LogP contribution in [0.1, 0.15) is 57.4 Å². The van der Waals surface area contributed by atoms with Gasteiger partial charge in [-0.3, -0.25) is 9.59 Å². The smallest absolute Gasteiger partial charge is 0.305 e. The summed E-state index contributed by atoms with van der Waals surface area (Å²) in [7, 11) is 1.34. The van der Waals surface area contributed by atoms with Gasteiger partial charge in [0, 0.05) is 31.3 Å². The molecule has 0 atom stereocenters. The summed E-state index contributed by atoms with van der Waals surface area (Å²) in [6.07, 6.45) is 1.76. The SMILES string of the molecule is COC(=O)CCc1ccc(COc2cc(F)ccc2Cl)cc1C(=O)NC1(c2cc(C)cc(C)c2)CCOCC1. The maximum absolute atomic E-state index is 13.9. The molecule has 1 amide bonds. The molecule has 0 aromatic heterocycles. The van der Waals surface area contributed by atoms with Crippen LogP contribution >= 0.6 is 11.6 Å². The minimum absolute atomic E-state index is 0.0802. The summed E-state index contributed by atoms with van der Waals surface area (Å²) in [6.45, 7) is 5.24. The minimum atomic E-state index is -0.590. The third-order valence-corrected chi connectivity index (χ3v) is 7.32. The molecular weight excluding hydrogens is 521 g/mol. The Hall–Kier alpha value is -3.42.